The maximum absolute atomic E-state index is 11.9. The van der Waals surface area contributed by atoms with Gasteiger partial charge in [-0.25, -0.2) is 0 Å². The van der Waals surface area contributed by atoms with E-state index in [4.69, 9.17) is 0 Å². The Bertz CT molecular complexity index is 415. The molecule has 0 saturated carbocycles. The number of hydrogen-bond donors (Lipinski definition) is 0. The fourth-order valence-electron chi connectivity index (χ4n) is 2.35. The summed E-state index contributed by atoms with van der Waals surface area (Å²) in [5.41, 5.74) is 2.39. The number of benzene rings is 1. The first-order chi connectivity index (χ1) is 8.65. The summed E-state index contributed by atoms with van der Waals surface area (Å²) in [6.45, 7) is 5.27. The monoisotopic (exact) mass is 309 g/mol. The van der Waals surface area contributed by atoms with Gasteiger partial charge in [0.2, 0.25) is 5.91 Å². The lowest BCUT2D eigenvalue weighted by Gasteiger charge is -2.18. The van der Waals surface area contributed by atoms with Crippen LogP contribution >= 0.6 is 15.9 Å². The molecule has 1 aromatic rings. The molecule has 1 aliphatic rings. The van der Waals surface area contributed by atoms with Crippen LogP contribution in [0, 0.1) is 5.92 Å². The van der Waals surface area contributed by atoms with Crippen LogP contribution in [0.4, 0.5) is 5.69 Å². The SMILES string of the molecule is CCC(C)c1ccc(N2CC(CBr)CC2=O)cc1. The second-order valence-corrected chi connectivity index (χ2v) is 5.78. The highest BCUT2D eigenvalue weighted by Gasteiger charge is 2.29. The minimum atomic E-state index is 0.246. The summed E-state index contributed by atoms with van der Waals surface area (Å²) in [6, 6.07) is 8.46. The van der Waals surface area contributed by atoms with Crippen LogP contribution in [0.1, 0.15) is 38.2 Å². The van der Waals surface area contributed by atoms with E-state index in [0.29, 0.717) is 18.3 Å². The van der Waals surface area contributed by atoms with Crippen molar-refractivity contribution in [3.8, 4) is 0 Å². The predicted molar refractivity (Wildman–Crippen MR) is 79.4 cm³/mol. The Morgan fingerprint density at radius 3 is 2.56 bits per heavy atom. The number of nitrogens with zero attached hydrogens (tertiary/aromatic N) is 1. The van der Waals surface area contributed by atoms with Crippen LogP contribution in [-0.4, -0.2) is 17.8 Å². The standard InChI is InChI=1S/C15H20BrNO/c1-3-11(2)13-4-6-14(7-5-13)17-10-12(9-16)8-15(17)18/h4-7,11-12H,3,8-10H2,1-2H3. The van der Waals surface area contributed by atoms with E-state index in [0.717, 1.165) is 24.0 Å². The summed E-state index contributed by atoms with van der Waals surface area (Å²) < 4.78 is 0. The van der Waals surface area contributed by atoms with Gasteiger partial charge in [-0.15, -0.1) is 0 Å². The second kappa shape index (κ2) is 5.87. The lowest BCUT2D eigenvalue weighted by atomic mass is 9.98. The zero-order valence-electron chi connectivity index (χ0n) is 11.0. The highest BCUT2D eigenvalue weighted by atomic mass is 79.9. The average Bonchev–Trinajstić information content (AvgIpc) is 2.79. The Labute approximate surface area is 117 Å². The van der Waals surface area contributed by atoms with Crippen molar-refractivity contribution in [3.63, 3.8) is 0 Å². The van der Waals surface area contributed by atoms with E-state index in [-0.39, 0.29) is 5.91 Å². The van der Waals surface area contributed by atoms with Crippen LogP contribution in [0.25, 0.3) is 0 Å². The Morgan fingerprint density at radius 1 is 1.39 bits per heavy atom. The maximum atomic E-state index is 11.9. The number of anilines is 1. The molecule has 2 unspecified atom stereocenters. The van der Waals surface area contributed by atoms with Crippen molar-refractivity contribution in [1.82, 2.24) is 0 Å². The molecule has 1 heterocycles. The van der Waals surface area contributed by atoms with Gasteiger partial charge in [0, 0.05) is 24.0 Å². The summed E-state index contributed by atoms with van der Waals surface area (Å²) in [5.74, 6) is 1.28. The smallest absolute Gasteiger partial charge is 0.227 e. The first kappa shape index (κ1) is 13.6. The first-order valence-electron chi connectivity index (χ1n) is 6.62. The highest BCUT2D eigenvalue weighted by molar-refractivity contribution is 9.09. The molecule has 1 aliphatic heterocycles. The van der Waals surface area contributed by atoms with E-state index in [9.17, 15) is 4.79 Å². The van der Waals surface area contributed by atoms with Crippen molar-refractivity contribution in [2.45, 2.75) is 32.6 Å². The Hall–Kier alpha value is -0.830. The van der Waals surface area contributed by atoms with E-state index in [1.807, 2.05) is 4.90 Å². The molecule has 0 aliphatic carbocycles. The van der Waals surface area contributed by atoms with E-state index in [2.05, 4.69) is 54.0 Å². The van der Waals surface area contributed by atoms with E-state index < -0.39 is 0 Å². The van der Waals surface area contributed by atoms with E-state index in [1.165, 1.54) is 5.56 Å². The van der Waals surface area contributed by atoms with Crippen molar-refractivity contribution in [1.29, 1.82) is 0 Å². The largest absolute Gasteiger partial charge is 0.312 e. The third-order valence-corrected chi connectivity index (χ3v) is 4.73. The van der Waals surface area contributed by atoms with Gasteiger partial charge >= 0.3 is 0 Å². The minimum Gasteiger partial charge on any atom is -0.312 e. The molecular formula is C15H20BrNO. The predicted octanol–water partition coefficient (Wildman–Crippen LogP) is 3.95. The Kier molecular flexibility index (Phi) is 4.44. The molecule has 2 nitrogen and oxygen atoms in total. The van der Waals surface area contributed by atoms with Gasteiger partial charge in [-0.1, -0.05) is 41.9 Å². The number of halogens is 1. The molecule has 1 fully saturated rings. The van der Waals surface area contributed by atoms with Crippen molar-refractivity contribution in [3.05, 3.63) is 29.8 Å². The van der Waals surface area contributed by atoms with Gasteiger partial charge in [0.25, 0.3) is 0 Å². The van der Waals surface area contributed by atoms with Crippen LogP contribution in [0.3, 0.4) is 0 Å². The van der Waals surface area contributed by atoms with Gasteiger partial charge in [0.1, 0.15) is 0 Å². The normalized spacial score (nSPS) is 21.4. The molecule has 98 valence electrons. The summed E-state index contributed by atoms with van der Waals surface area (Å²) in [6.07, 6.45) is 1.81. The second-order valence-electron chi connectivity index (χ2n) is 5.13. The summed E-state index contributed by atoms with van der Waals surface area (Å²) >= 11 is 3.46. The topological polar surface area (TPSA) is 20.3 Å². The van der Waals surface area contributed by atoms with E-state index in [1.54, 1.807) is 0 Å². The molecule has 0 bridgehead atoms. The molecule has 18 heavy (non-hydrogen) atoms. The molecule has 1 aromatic carbocycles. The maximum Gasteiger partial charge on any atom is 0.227 e. The van der Waals surface area contributed by atoms with Crippen molar-refractivity contribution in [2.24, 2.45) is 5.92 Å². The highest BCUT2D eigenvalue weighted by Crippen LogP contribution is 2.28. The van der Waals surface area contributed by atoms with Gasteiger partial charge in [-0.05, 0) is 36.0 Å². The number of carbonyl (C=O) groups is 1. The molecule has 0 radical (unpaired) electrons. The number of carbonyl (C=O) groups excluding carboxylic acids is 1. The zero-order valence-corrected chi connectivity index (χ0v) is 12.6. The molecule has 0 spiro atoms. The van der Waals surface area contributed by atoms with Crippen LogP contribution in [0.2, 0.25) is 0 Å². The molecule has 2 atom stereocenters. The number of hydrogen-bond acceptors (Lipinski definition) is 1. The third-order valence-electron chi connectivity index (χ3n) is 3.81. The molecule has 1 saturated heterocycles. The molecule has 3 heteroatoms. The molecule has 0 aromatic heterocycles. The lowest BCUT2D eigenvalue weighted by molar-refractivity contribution is -0.117. The average molecular weight is 310 g/mol. The fourth-order valence-corrected chi connectivity index (χ4v) is 2.79. The molecular weight excluding hydrogens is 290 g/mol. The van der Waals surface area contributed by atoms with Crippen LogP contribution in [0.15, 0.2) is 24.3 Å². The summed E-state index contributed by atoms with van der Waals surface area (Å²) in [7, 11) is 0. The third kappa shape index (κ3) is 2.77. The van der Waals surface area contributed by atoms with Crippen LogP contribution in [-0.2, 0) is 4.79 Å². The van der Waals surface area contributed by atoms with Crippen LogP contribution < -0.4 is 4.90 Å². The molecule has 0 N–H and O–H groups in total. The number of amides is 1. The van der Waals surface area contributed by atoms with Gasteiger partial charge < -0.3 is 4.90 Å². The fraction of sp³-hybridized carbons (Fsp3) is 0.533. The Morgan fingerprint density at radius 2 is 2.06 bits per heavy atom. The number of rotatable bonds is 4. The lowest BCUT2D eigenvalue weighted by Crippen LogP contribution is -2.24. The van der Waals surface area contributed by atoms with Gasteiger partial charge in [-0.2, -0.15) is 0 Å². The molecule has 1 amide bonds. The first-order valence-corrected chi connectivity index (χ1v) is 7.74. The Balaban J connectivity index is 2.12. The van der Waals surface area contributed by atoms with Crippen molar-refractivity contribution in [2.75, 3.05) is 16.8 Å². The van der Waals surface area contributed by atoms with Crippen molar-refractivity contribution < 1.29 is 4.79 Å². The minimum absolute atomic E-state index is 0.246. The van der Waals surface area contributed by atoms with Gasteiger partial charge in [-0.3, -0.25) is 4.79 Å². The van der Waals surface area contributed by atoms with Gasteiger partial charge in [0.05, 0.1) is 0 Å². The number of alkyl halides is 1. The van der Waals surface area contributed by atoms with Gasteiger partial charge in [0.15, 0.2) is 0 Å². The molecule has 2 rings (SSSR count). The summed E-state index contributed by atoms with van der Waals surface area (Å²) in [4.78, 5) is 13.8. The zero-order chi connectivity index (χ0) is 13.1. The van der Waals surface area contributed by atoms with Crippen molar-refractivity contribution >= 4 is 27.5 Å². The quantitative estimate of drug-likeness (QED) is 0.771. The van der Waals surface area contributed by atoms with E-state index >= 15 is 0 Å². The van der Waals surface area contributed by atoms with Crippen LogP contribution in [0.5, 0.6) is 0 Å². The summed E-state index contributed by atoms with van der Waals surface area (Å²) in [5, 5.41) is 0.903.